The molecule has 1 saturated heterocycles. The minimum atomic E-state index is -1.44. The number of hydrogen-bond donors (Lipinski definition) is 3. The zero-order valence-corrected chi connectivity index (χ0v) is 21.2. The smallest absolute Gasteiger partial charge is 0.303 e. The summed E-state index contributed by atoms with van der Waals surface area (Å²) in [6.45, 7) is 11.6. The largest absolute Gasteiger partial charge is 0.504 e. The Labute approximate surface area is 202 Å². The molecular formula is C27H40O7. The van der Waals surface area contributed by atoms with E-state index in [1.807, 2.05) is 6.92 Å². The molecule has 1 aliphatic carbocycles. The van der Waals surface area contributed by atoms with Crippen molar-refractivity contribution in [3.63, 3.8) is 0 Å². The van der Waals surface area contributed by atoms with E-state index in [2.05, 4.69) is 39.8 Å². The summed E-state index contributed by atoms with van der Waals surface area (Å²) in [4.78, 5) is 11.3. The van der Waals surface area contributed by atoms with Gasteiger partial charge in [0.15, 0.2) is 17.6 Å². The molecule has 1 aromatic rings. The highest BCUT2D eigenvalue weighted by molar-refractivity contribution is 5.66. The summed E-state index contributed by atoms with van der Waals surface area (Å²) in [7, 11) is 0. The van der Waals surface area contributed by atoms with Gasteiger partial charge in [0.25, 0.3) is 0 Å². The van der Waals surface area contributed by atoms with Crippen molar-refractivity contribution in [2.75, 3.05) is 6.61 Å². The number of fused-ring (bicyclic) bond motifs is 1. The lowest BCUT2D eigenvalue weighted by molar-refractivity contribution is -0.248. The maximum Gasteiger partial charge on any atom is 0.303 e. The monoisotopic (exact) mass is 476 g/mol. The summed E-state index contributed by atoms with van der Waals surface area (Å²) in [5.74, 6) is 0.734. The molecule has 7 nitrogen and oxygen atoms in total. The average molecular weight is 477 g/mol. The molecule has 0 bridgehead atoms. The molecule has 3 N–H and O–H groups in total. The van der Waals surface area contributed by atoms with Crippen LogP contribution >= 0.6 is 0 Å². The van der Waals surface area contributed by atoms with Crippen LogP contribution in [0.4, 0.5) is 0 Å². The molecule has 1 fully saturated rings. The zero-order chi connectivity index (χ0) is 25.2. The van der Waals surface area contributed by atoms with Crippen LogP contribution in [0.3, 0.4) is 0 Å². The number of phenols is 1. The second-order valence-electron chi connectivity index (χ2n) is 10.2. The molecule has 1 aliphatic heterocycles. The number of aryl methyl sites for hydroxylation is 1. The molecule has 1 heterocycles. The van der Waals surface area contributed by atoms with Gasteiger partial charge in [-0.3, -0.25) is 4.79 Å². The van der Waals surface area contributed by atoms with Gasteiger partial charge in [-0.05, 0) is 75.3 Å². The number of hydrogen-bond acceptors (Lipinski definition) is 7. The number of benzene rings is 1. The lowest BCUT2D eigenvalue weighted by atomic mass is 9.70. The van der Waals surface area contributed by atoms with E-state index in [-0.39, 0.29) is 18.3 Å². The summed E-state index contributed by atoms with van der Waals surface area (Å²) >= 11 is 0. The zero-order valence-electron chi connectivity index (χ0n) is 21.2. The predicted octanol–water partition coefficient (Wildman–Crippen LogP) is 4.45. The van der Waals surface area contributed by atoms with Gasteiger partial charge in [0.2, 0.25) is 6.29 Å². The first-order chi connectivity index (χ1) is 16.0. The second kappa shape index (κ2) is 11.1. The topological polar surface area (TPSA) is 105 Å². The molecule has 34 heavy (non-hydrogen) atoms. The molecule has 2 aliphatic rings. The van der Waals surface area contributed by atoms with Crippen molar-refractivity contribution in [2.24, 2.45) is 5.92 Å². The van der Waals surface area contributed by atoms with Gasteiger partial charge in [-0.15, -0.1) is 0 Å². The third kappa shape index (κ3) is 5.75. The van der Waals surface area contributed by atoms with Crippen molar-refractivity contribution in [2.45, 2.75) is 104 Å². The van der Waals surface area contributed by atoms with Gasteiger partial charge in [-0.1, -0.05) is 31.6 Å². The quantitative estimate of drug-likeness (QED) is 0.394. The molecule has 190 valence electrons. The Morgan fingerprint density at radius 2 is 1.94 bits per heavy atom. The van der Waals surface area contributed by atoms with Crippen LogP contribution in [0, 0.1) is 12.8 Å². The average Bonchev–Trinajstić information content (AvgIpc) is 2.75. The first-order valence-electron chi connectivity index (χ1n) is 12.3. The first-order valence-corrected chi connectivity index (χ1v) is 12.3. The molecule has 3 rings (SSSR count). The van der Waals surface area contributed by atoms with Gasteiger partial charge in [0, 0.05) is 12.5 Å². The third-order valence-electron chi connectivity index (χ3n) is 7.17. The van der Waals surface area contributed by atoms with Crippen LogP contribution in [0.1, 0.15) is 88.8 Å². The van der Waals surface area contributed by atoms with Crippen LogP contribution < -0.4 is 4.74 Å². The fourth-order valence-electron chi connectivity index (χ4n) is 5.21. The van der Waals surface area contributed by atoms with E-state index in [1.54, 1.807) is 0 Å². The molecule has 0 radical (unpaired) electrons. The maximum atomic E-state index is 11.3. The number of rotatable bonds is 7. The minimum absolute atomic E-state index is 0.0239. The van der Waals surface area contributed by atoms with Crippen LogP contribution in [-0.2, 0) is 14.3 Å². The number of aromatic hydroxyl groups is 1. The minimum Gasteiger partial charge on any atom is -0.504 e. The summed E-state index contributed by atoms with van der Waals surface area (Å²) in [5, 5.41) is 32.0. The highest BCUT2D eigenvalue weighted by Gasteiger charge is 2.43. The van der Waals surface area contributed by atoms with Crippen molar-refractivity contribution < 1.29 is 34.3 Å². The van der Waals surface area contributed by atoms with Gasteiger partial charge in [0.05, 0.1) is 6.61 Å². The molecule has 0 spiro atoms. The Morgan fingerprint density at radius 3 is 2.59 bits per heavy atom. The van der Waals surface area contributed by atoms with Crippen LogP contribution in [-0.4, -0.2) is 52.5 Å². The third-order valence-corrected chi connectivity index (χ3v) is 7.17. The van der Waals surface area contributed by atoms with Crippen LogP contribution in [0.5, 0.6) is 11.5 Å². The first kappa shape index (κ1) is 26.5. The lowest BCUT2D eigenvalue weighted by Gasteiger charge is -2.39. The number of aliphatic hydroxyl groups excluding tert-OH is 2. The number of aliphatic hydroxyl groups is 2. The van der Waals surface area contributed by atoms with Crippen molar-refractivity contribution in [1.29, 1.82) is 0 Å². The summed E-state index contributed by atoms with van der Waals surface area (Å²) in [6, 6.07) is 2.07. The number of ether oxygens (including phenoxy) is 3. The van der Waals surface area contributed by atoms with E-state index >= 15 is 0 Å². The van der Waals surface area contributed by atoms with E-state index in [4.69, 9.17) is 14.2 Å². The number of phenolic OH excluding ortho intramolecular Hbond substituents is 1. The van der Waals surface area contributed by atoms with E-state index < -0.39 is 30.6 Å². The fraction of sp³-hybridized carbons (Fsp3) is 0.667. The molecule has 7 heteroatoms. The molecule has 0 unspecified atom stereocenters. The van der Waals surface area contributed by atoms with Crippen LogP contribution in [0.15, 0.2) is 17.7 Å². The number of esters is 1. The maximum absolute atomic E-state index is 11.3. The molecule has 0 amide bonds. The summed E-state index contributed by atoms with van der Waals surface area (Å²) < 4.78 is 16.7. The fourth-order valence-corrected chi connectivity index (χ4v) is 5.21. The highest BCUT2D eigenvalue weighted by atomic mass is 16.7. The molecule has 1 aromatic carbocycles. The van der Waals surface area contributed by atoms with Gasteiger partial charge in [-0.2, -0.15) is 0 Å². The molecule has 0 saturated carbocycles. The van der Waals surface area contributed by atoms with E-state index in [0.29, 0.717) is 23.1 Å². The van der Waals surface area contributed by atoms with Crippen LogP contribution in [0.25, 0.3) is 0 Å². The number of carbonyl (C=O) groups is 1. The normalized spacial score (nSPS) is 29.6. The van der Waals surface area contributed by atoms with Gasteiger partial charge in [-0.25, -0.2) is 0 Å². The SMILES string of the molecule is CC(=O)O[C@@H]1CO[C@H](Oc2c(O)c(C)cc3c2[C@@H](C)CC[C@H]3[C@@H](C)CCC=C(C)C)[C@@H](O)[C@H]1O. The summed E-state index contributed by atoms with van der Waals surface area (Å²) in [5.41, 5.74) is 4.15. The molecule has 0 aromatic heterocycles. The summed E-state index contributed by atoms with van der Waals surface area (Å²) in [6.07, 6.45) is 1.46. The predicted molar refractivity (Wildman–Crippen MR) is 129 cm³/mol. The molecule has 7 atom stereocenters. The highest BCUT2D eigenvalue weighted by Crippen LogP contribution is 2.51. The Hall–Kier alpha value is -2.09. The number of allylic oxidation sites excluding steroid dienone is 2. The van der Waals surface area contributed by atoms with Gasteiger partial charge >= 0.3 is 5.97 Å². The van der Waals surface area contributed by atoms with E-state index in [0.717, 1.165) is 31.2 Å². The van der Waals surface area contributed by atoms with Gasteiger partial charge < -0.3 is 29.5 Å². The van der Waals surface area contributed by atoms with Gasteiger partial charge in [0.1, 0.15) is 12.2 Å². The Balaban J connectivity index is 1.89. The Bertz CT molecular complexity index is 905. The standard InChI is InChI=1S/C27H40O7/c1-14(2)8-7-9-15(3)19-11-10-16(4)22-20(19)12-17(5)23(29)26(22)34-27-25(31)24(30)21(13-32-27)33-18(6)28/h8,12,15-16,19,21,24-25,27,29-31H,7,9-11,13H2,1-6H3/t15-,16-,19-,21+,24-,25-,27+/m0/s1. The van der Waals surface area contributed by atoms with Crippen LogP contribution in [0.2, 0.25) is 0 Å². The van der Waals surface area contributed by atoms with Crippen molar-refractivity contribution in [3.05, 3.63) is 34.4 Å². The van der Waals surface area contributed by atoms with Crippen molar-refractivity contribution >= 4 is 5.97 Å². The van der Waals surface area contributed by atoms with Crippen molar-refractivity contribution in [1.82, 2.24) is 0 Å². The number of carbonyl (C=O) groups excluding carboxylic acids is 1. The molecular weight excluding hydrogens is 436 g/mol. The van der Waals surface area contributed by atoms with E-state index in [9.17, 15) is 20.1 Å². The lowest BCUT2D eigenvalue weighted by Crippen LogP contribution is -2.56. The second-order valence-corrected chi connectivity index (χ2v) is 10.2. The Kier molecular flexibility index (Phi) is 8.66. The van der Waals surface area contributed by atoms with E-state index in [1.165, 1.54) is 18.1 Å². The van der Waals surface area contributed by atoms with Crippen molar-refractivity contribution in [3.8, 4) is 11.5 Å². The Morgan fingerprint density at radius 1 is 1.24 bits per heavy atom.